The molecule has 0 aliphatic carbocycles. The van der Waals surface area contributed by atoms with Gasteiger partial charge < -0.3 is 24.8 Å². The molecule has 0 radical (unpaired) electrons. The molecule has 0 saturated heterocycles. The maximum atomic E-state index is 2.00. The van der Waals surface area contributed by atoms with E-state index in [2.05, 4.69) is 0 Å². The Morgan fingerprint density at radius 2 is 1.00 bits per heavy atom. The zero-order chi connectivity index (χ0) is 3.41. The van der Waals surface area contributed by atoms with E-state index in [-0.39, 0.29) is 51.0 Å². The van der Waals surface area contributed by atoms with Crippen molar-refractivity contribution < 1.29 is 51.0 Å². The van der Waals surface area contributed by atoms with Gasteiger partial charge in [-0.2, -0.15) is 0 Å². The fourth-order valence-electron chi connectivity index (χ4n) is 0. The largest absolute Gasteiger partial charge is 2.00 e. The Kier molecular flexibility index (Phi) is 93.0. The van der Waals surface area contributed by atoms with Gasteiger partial charge in [-0.3, -0.25) is 0 Å². The van der Waals surface area contributed by atoms with Crippen LogP contribution in [0.15, 0.2) is 12.2 Å². The fraction of sp³-hybridized carbons (Fsp3) is 0.500. The maximum absolute atomic E-state index is 2.00. The Morgan fingerprint density at radius 1 is 0.857 bits per heavy atom. The Balaban J connectivity index is -0.0000000150. The molecule has 0 spiro atoms. The normalized spacial score (nSPS) is 5.43. The van der Waals surface area contributed by atoms with Gasteiger partial charge in [0, 0.05) is 0 Å². The summed E-state index contributed by atoms with van der Waals surface area (Å²) in [5.41, 5.74) is 0. The van der Waals surface area contributed by atoms with Crippen LogP contribution in [0.5, 0.6) is 0 Å². The third kappa shape index (κ3) is 40.2. The molecule has 0 atom stereocenters. The van der Waals surface area contributed by atoms with E-state index in [1.165, 1.54) is 0 Å². The van der Waals surface area contributed by atoms with Gasteiger partial charge >= 0.3 is 26.2 Å². The molecule has 42 valence electrons. The van der Waals surface area contributed by atoms with Gasteiger partial charge in [0.25, 0.3) is 0 Å². The summed E-state index contributed by atoms with van der Waals surface area (Å²) in [6.45, 7) is 4.00. The van der Waals surface area contributed by atoms with Crippen molar-refractivity contribution >= 4 is 0 Å². The second-order valence-corrected chi connectivity index (χ2v) is 0.667. The minimum atomic E-state index is 0. The van der Waals surface area contributed by atoms with Crippen molar-refractivity contribution in [2.24, 2.45) is 0 Å². The number of hydrogen-bond acceptors (Lipinski definition) is 0. The van der Waals surface area contributed by atoms with Crippen molar-refractivity contribution in [3.63, 3.8) is 0 Å². The molecule has 0 aliphatic rings. The van der Waals surface area contributed by atoms with E-state index >= 15 is 0 Å². The summed E-state index contributed by atoms with van der Waals surface area (Å²) in [4.78, 5) is 0. The van der Waals surface area contributed by atoms with Crippen molar-refractivity contribution in [2.75, 3.05) is 0 Å². The first-order chi connectivity index (χ1) is 1.91. The van der Waals surface area contributed by atoms with Gasteiger partial charge in [-0.15, -0.1) is 0 Å². The molecule has 0 heterocycles. The van der Waals surface area contributed by atoms with Crippen molar-refractivity contribution in [2.45, 2.75) is 13.8 Å². The van der Waals surface area contributed by atoms with E-state index < -0.39 is 0 Å². The quantitative estimate of drug-likeness (QED) is 0.360. The fourth-order valence-corrected chi connectivity index (χ4v) is 0. The Bertz CT molecular complexity index is 24.9. The minimum Gasteiger partial charge on any atom is -1.00 e. The van der Waals surface area contributed by atoms with E-state index in [9.17, 15) is 0 Å². The van der Waals surface area contributed by atoms with E-state index in [1.54, 1.807) is 0 Å². The van der Waals surface area contributed by atoms with Crippen LogP contribution in [0.1, 0.15) is 13.8 Å². The molecule has 0 aromatic heterocycles. The smallest absolute Gasteiger partial charge is 1.00 e. The SMILES string of the molecule is CC=CC.[Cl-].[Cl-].[Zr+2]. The molecule has 0 unspecified atom stereocenters. The van der Waals surface area contributed by atoms with Crippen molar-refractivity contribution in [3.8, 4) is 0 Å². The summed E-state index contributed by atoms with van der Waals surface area (Å²) in [6.07, 6.45) is 4.00. The van der Waals surface area contributed by atoms with Gasteiger partial charge in [0.2, 0.25) is 0 Å². The predicted molar refractivity (Wildman–Crippen MR) is 20.5 cm³/mol. The van der Waals surface area contributed by atoms with Gasteiger partial charge in [-0.25, -0.2) is 0 Å². The van der Waals surface area contributed by atoms with Crippen LogP contribution < -0.4 is 24.8 Å². The molecular weight excluding hydrogens is 210 g/mol. The minimum absolute atomic E-state index is 0. The van der Waals surface area contributed by atoms with E-state index in [0.717, 1.165) is 0 Å². The molecule has 0 aromatic rings. The Morgan fingerprint density at radius 3 is 1.00 bits per heavy atom. The van der Waals surface area contributed by atoms with Crippen LogP contribution >= 0.6 is 0 Å². The van der Waals surface area contributed by atoms with Crippen molar-refractivity contribution in [3.05, 3.63) is 12.2 Å². The van der Waals surface area contributed by atoms with Gasteiger partial charge in [0.1, 0.15) is 0 Å². The summed E-state index contributed by atoms with van der Waals surface area (Å²) in [7, 11) is 0. The Hall–Kier alpha value is 1.20. The monoisotopic (exact) mass is 216 g/mol. The Labute approximate surface area is 76.7 Å². The van der Waals surface area contributed by atoms with E-state index in [0.29, 0.717) is 0 Å². The van der Waals surface area contributed by atoms with Crippen LogP contribution in [0, 0.1) is 0 Å². The maximum Gasteiger partial charge on any atom is 2.00 e. The molecule has 3 heteroatoms. The van der Waals surface area contributed by atoms with Crippen LogP contribution in [-0.4, -0.2) is 0 Å². The van der Waals surface area contributed by atoms with Crippen LogP contribution in [-0.2, 0) is 26.2 Å². The first kappa shape index (κ1) is 24.1. The van der Waals surface area contributed by atoms with Gasteiger partial charge in [-0.05, 0) is 13.8 Å². The van der Waals surface area contributed by atoms with Crippen molar-refractivity contribution in [1.82, 2.24) is 0 Å². The first-order valence-corrected chi connectivity index (χ1v) is 1.49. The molecule has 0 bridgehead atoms. The first-order valence-electron chi connectivity index (χ1n) is 1.49. The molecule has 0 aromatic carbocycles. The summed E-state index contributed by atoms with van der Waals surface area (Å²) in [5, 5.41) is 0. The van der Waals surface area contributed by atoms with Gasteiger partial charge in [0.15, 0.2) is 0 Å². The zero-order valence-electron chi connectivity index (χ0n) is 4.41. The zero-order valence-corrected chi connectivity index (χ0v) is 8.38. The second kappa shape index (κ2) is 27.0. The van der Waals surface area contributed by atoms with Crippen LogP contribution in [0.4, 0.5) is 0 Å². The topological polar surface area (TPSA) is 0 Å². The van der Waals surface area contributed by atoms with Crippen molar-refractivity contribution in [1.29, 1.82) is 0 Å². The molecule has 0 saturated carbocycles. The standard InChI is InChI=1S/C4H8.2ClH.Zr/c1-3-4-2;;;/h3-4H,1-2H3;2*1H;/q;;;+2/p-2. The van der Waals surface area contributed by atoms with E-state index in [4.69, 9.17) is 0 Å². The number of allylic oxidation sites excluding steroid dienone is 2. The average molecular weight is 218 g/mol. The summed E-state index contributed by atoms with van der Waals surface area (Å²) < 4.78 is 0. The number of rotatable bonds is 0. The average Bonchev–Trinajstić information content (AvgIpc) is 1.37. The molecule has 0 rings (SSSR count). The van der Waals surface area contributed by atoms with Crippen LogP contribution in [0.3, 0.4) is 0 Å². The third-order valence-electron chi connectivity index (χ3n) is 0.333. The molecule has 0 fully saturated rings. The van der Waals surface area contributed by atoms with Gasteiger partial charge in [-0.1, -0.05) is 12.2 Å². The van der Waals surface area contributed by atoms with E-state index in [1.807, 2.05) is 26.0 Å². The molecular formula is C4H8Cl2Zr. The summed E-state index contributed by atoms with van der Waals surface area (Å²) >= 11 is 0. The molecule has 0 N–H and O–H groups in total. The third-order valence-corrected chi connectivity index (χ3v) is 0.333. The van der Waals surface area contributed by atoms with Crippen LogP contribution in [0.2, 0.25) is 0 Å². The van der Waals surface area contributed by atoms with Crippen LogP contribution in [0.25, 0.3) is 0 Å². The predicted octanol–water partition coefficient (Wildman–Crippen LogP) is -4.41. The summed E-state index contributed by atoms with van der Waals surface area (Å²) in [5.74, 6) is 0. The number of hydrogen-bond donors (Lipinski definition) is 0. The van der Waals surface area contributed by atoms with Gasteiger partial charge in [0.05, 0.1) is 0 Å². The molecule has 0 amide bonds. The molecule has 0 nitrogen and oxygen atoms in total. The summed E-state index contributed by atoms with van der Waals surface area (Å²) in [6, 6.07) is 0. The number of halogens is 2. The molecule has 0 aliphatic heterocycles. The molecule has 7 heavy (non-hydrogen) atoms. The second-order valence-electron chi connectivity index (χ2n) is 0.667.